The second kappa shape index (κ2) is 10.2. The van der Waals surface area contributed by atoms with E-state index in [1.807, 2.05) is 72.5 Å². The molecule has 1 aromatic heterocycles. The molecule has 0 spiro atoms. The first-order chi connectivity index (χ1) is 16.0. The molecule has 2 heterocycles. The summed E-state index contributed by atoms with van der Waals surface area (Å²) in [6.45, 7) is 8.96. The number of rotatable bonds is 3. The molecule has 1 fully saturated rings. The second-order valence-electron chi connectivity index (χ2n) is 8.48. The number of urea groups is 1. The number of benzene rings is 2. The van der Waals surface area contributed by atoms with Crippen LogP contribution in [-0.2, 0) is 0 Å². The highest BCUT2D eigenvalue weighted by atomic mass is 16.2. The molecule has 0 saturated carbocycles. The largest absolute Gasteiger partial charge is 0.353 e. The van der Waals surface area contributed by atoms with Crippen LogP contribution in [0.15, 0.2) is 60.7 Å². The molecule has 0 radical (unpaired) electrons. The zero-order chi connectivity index (χ0) is 23.2. The number of anilines is 2. The standard InChI is InChI=1S/C27H29N5O/c1-20(2)26-28-21(3)18-25(30-26)31-14-16-32(17-15-31)27(33)29-24-11-7-10-23(19-24)13-12-22-8-5-4-6-9-22/h4-11,18-20H,14-17H2,1-3H3,(H,29,33). The van der Waals surface area contributed by atoms with E-state index in [-0.39, 0.29) is 11.9 Å². The molecule has 0 aliphatic carbocycles. The number of amides is 2. The maximum Gasteiger partial charge on any atom is 0.321 e. The van der Waals surface area contributed by atoms with E-state index in [2.05, 4.69) is 40.9 Å². The first kappa shape index (κ1) is 22.3. The van der Waals surface area contributed by atoms with Crippen LogP contribution in [-0.4, -0.2) is 47.1 Å². The van der Waals surface area contributed by atoms with Gasteiger partial charge in [0.1, 0.15) is 11.6 Å². The monoisotopic (exact) mass is 439 g/mol. The van der Waals surface area contributed by atoms with Crippen molar-refractivity contribution in [3.63, 3.8) is 0 Å². The predicted molar refractivity (Wildman–Crippen MR) is 133 cm³/mol. The Kier molecular flexibility index (Phi) is 6.89. The molecule has 3 aromatic rings. The van der Waals surface area contributed by atoms with Gasteiger partial charge in [0, 0.05) is 60.7 Å². The van der Waals surface area contributed by atoms with E-state index in [9.17, 15) is 4.79 Å². The highest BCUT2D eigenvalue weighted by Gasteiger charge is 2.23. The lowest BCUT2D eigenvalue weighted by atomic mass is 10.1. The molecule has 168 valence electrons. The van der Waals surface area contributed by atoms with Crippen molar-refractivity contribution < 1.29 is 4.79 Å². The van der Waals surface area contributed by atoms with Crippen molar-refractivity contribution in [3.05, 3.63) is 83.3 Å². The topological polar surface area (TPSA) is 61.4 Å². The number of aryl methyl sites for hydroxylation is 1. The maximum atomic E-state index is 12.8. The minimum atomic E-state index is -0.0930. The summed E-state index contributed by atoms with van der Waals surface area (Å²) in [7, 11) is 0. The summed E-state index contributed by atoms with van der Waals surface area (Å²) >= 11 is 0. The Morgan fingerprint density at radius 1 is 0.909 bits per heavy atom. The number of carbonyl (C=O) groups excluding carboxylic acids is 1. The second-order valence-corrected chi connectivity index (χ2v) is 8.48. The van der Waals surface area contributed by atoms with E-state index in [1.54, 1.807) is 0 Å². The summed E-state index contributed by atoms with van der Waals surface area (Å²) in [6, 6.07) is 19.4. The van der Waals surface area contributed by atoms with Crippen molar-refractivity contribution in [1.29, 1.82) is 0 Å². The highest BCUT2D eigenvalue weighted by Crippen LogP contribution is 2.19. The Hall–Kier alpha value is -3.85. The van der Waals surface area contributed by atoms with E-state index in [0.29, 0.717) is 13.1 Å². The minimum absolute atomic E-state index is 0.0930. The summed E-state index contributed by atoms with van der Waals surface area (Å²) in [4.78, 5) is 26.2. The zero-order valence-corrected chi connectivity index (χ0v) is 19.4. The number of hydrogen-bond donors (Lipinski definition) is 1. The maximum absolute atomic E-state index is 12.8. The number of aromatic nitrogens is 2. The Morgan fingerprint density at radius 3 is 2.33 bits per heavy atom. The fourth-order valence-corrected chi connectivity index (χ4v) is 3.68. The minimum Gasteiger partial charge on any atom is -0.353 e. The molecular formula is C27H29N5O. The third kappa shape index (κ3) is 5.89. The van der Waals surface area contributed by atoms with Gasteiger partial charge in [-0.1, -0.05) is 50.0 Å². The summed E-state index contributed by atoms with van der Waals surface area (Å²) in [5.41, 5.74) is 3.54. The molecule has 4 rings (SSSR count). The summed E-state index contributed by atoms with van der Waals surface area (Å²) in [5.74, 6) is 8.40. The molecule has 1 aliphatic heterocycles. The smallest absolute Gasteiger partial charge is 0.321 e. The third-order valence-corrected chi connectivity index (χ3v) is 5.50. The van der Waals surface area contributed by atoms with E-state index < -0.39 is 0 Å². The lowest BCUT2D eigenvalue weighted by Crippen LogP contribution is -2.50. The average molecular weight is 440 g/mol. The van der Waals surface area contributed by atoms with Crippen LogP contribution in [0.4, 0.5) is 16.3 Å². The average Bonchev–Trinajstić information content (AvgIpc) is 2.83. The molecule has 1 N–H and O–H groups in total. The van der Waals surface area contributed by atoms with Crippen LogP contribution in [0.2, 0.25) is 0 Å². The van der Waals surface area contributed by atoms with Crippen molar-refractivity contribution in [2.75, 3.05) is 36.4 Å². The van der Waals surface area contributed by atoms with Crippen LogP contribution >= 0.6 is 0 Å². The molecule has 2 aromatic carbocycles. The van der Waals surface area contributed by atoms with Gasteiger partial charge in [0.05, 0.1) is 0 Å². The van der Waals surface area contributed by atoms with E-state index in [0.717, 1.165) is 47.2 Å². The Bertz CT molecular complexity index is 1170. The van der Waals surface area contributed by atoms with E-state index in [1.165, 1.54) is 0 Å². The van der Waals surface area contributed by atoms with Crippen LogP contribution in [0.1, 0.15) is 42.4 Å². The highest BCUT2D eigenvalue weighted by molar-refractivity contribution is 5.89. The zero-order valence-electron chi connectivity index (χ0n) is 19.4. The van der Waals surface area contributed by atoms with Gasteiger partial charge in [-0.3, -0.25) is 0 Å². The molecule has 0 bridgehead atoms. The molecular weight excluding hydrogens is 410 g/mol. The van der Waals surface area contributed by atoms with Crippen molar-refractivity contribution in [3.8, 4) is 11.8 Å². The van der Waals surface area contributed by atoms with Crippen LogP contribution in [0.25, 0.3) is 0 Å². The SMILES string of the molecule is Cc1cc(N2CCN(C(=O)Nc3cccc(C#Cc4ccccc4)c3)CC2)nc(C(C)C)n1. The van der Waals surface area contributed by atoms with Crippen LogP contribution in [0.3, 0.4) is 0 Å². The fraction of sp³-hybridized carbons (Fsp3) is 0.296. The van der Waals surface area contributed by atoms with Crippen LogP contribution in [0.5, 0.6) is 0 Å². The summed E-state index contributed by atoms with van der Waals surface area (Å²) in [6.07, 6.45) is 0. The number of piperazine rings is 1. The number of carbonyl (C=O) groups is 1. The van der Waals surface area contributed by atoms with Crippen LogP contribution < -0.4 is 10.2 Å². The number of hydrogen-bond acceptors (Lipinski definition) is 4. The Balaban J connectivity index is 1.36. The van der Waals surface area contributed by atoms with Gasteiger partial charge in [0.25, 0.3) is 0 Å². The van der Waals surface area contributed by atoms with E-state index in [4.69, 9.17) is 4.98 Å². The third-order valence-electron chi connectivity index (χ3n) is 5.50. The van der Waals surface area contributed by atoms with Crippen molar-refractivity contribution in [2.24, 2.45) is 0 Å². The van der Waals surface area contributed by atoms with E-state index >= 15 is 0 Å². The van der Waals surface area contributed by atoms with Gasteiger partial charge in [0.15, 0.2) is 0 Å². The fourth-order valence-electron chi connectivity index (χ4n) is 3.68. The molecule has 0 unspecified atom stereocenters. The van der Waals surface area contributed by atoms with Gasteiger partial charge in [-0.2, -0.15) is 0 Å². The molecule has 6 heteroatoms. The quantitative estimate of drug-likeness (QED) is 0.603. The first-order valence-corrected chi connectivity index (χ1v) is 11.3. The number of nitrogens with one attached hydrogen (secondary N) is 1. The molecule has 33 heavy (non-hydrogen) atoms. The Labute approximate surface area is 195 Å². The van der Waals surface area contributed by atoms with Crippen LogP contribution in [0, 0.1) is 18.8 Å². The van der Waals surface area contributed by atoms with Gasteiger partial charge in [-0.05, 0) is 37.3 Å². The van der Waals surface area contributed by atoms with Gasteiger partial charge in [-0.15, -0.1) is 0 Å². The normalized spacial score (nSPS) is 13.5. The molecule has 6 nitrogen and oxygen atoms in total. The van der Waals surface area contributed by atoms with Gasteiger partial charge in [-0.25, -0.2) is 14.8 Å². The lowest BCUT2D eigenvalue weighted by Gasteiger charge is -2.35. The predicted octanol–water partition coefficient (Wildman–Crippen LogP) is 4.66. The molecule has 0 atom stereocenters. The van der Waals surface area contributed by atoms with Crippen molar-refractivity contribution in [2.45, 2.75) is 26.7 Å². The lowest BCUT2D eigenvalue weighted by molar-refractivity contribution is 0.208. The first-order valence-electron chi connectivity index (χ1n) is 11.3. The van der Waals surface area contributed by atoms with Gasteiger partial charge < -0.3 is 15.1 Å². The molecule has 1 aliphatic rings. The Morgan fingerprint density at radius 2 is 1.61 bits per heavy atom. The van der Waals surface area contributed by atoms with Gasteiger partial charge >= 0.3 is 6.03 Å². The van der Waals surface area contributed by atoms with Gasteiger partial charge in [0.2, 0.25) is 0 Å². The van der Waals surface area contributed by atoms with Crippen molar-refractivity contribution >= 4 is 17.5 Å². The molecule has 2 amide bonds. The van der Waals surface area contributed by atoms with Crippen molar-refractivity contribution in [1.82, 2.24) is 14.9 Å². The molecule has 1 saturated heterocycles. The summed E-state index contributed by atoms with van der Waals surface area (Å²) < 4.78 is 0. The summed E-state index contributed by atoms with van der Waals surface area (Å²) in [5, 5.41) is 3.01. The number of nitrogens with zero attached hydrogens (tertiary/aromatic N) is 4.